The average Bonchev–Trinajstić information content (AvgIpc) is 2.96. The van der Waals surface area contributed by atoms with Gasteiger partial charge in [0.1, 0.15) is 0 Å². The summed E-state index contributed by atoms with van der Waals surface area (Å²) in [5.74, 6) is 0. The molecule has 0 spiro atoms. The van der Waals surface area contributed by atoms with Crippen LogP contribution in [-0.2, 0) is 6.42 Å². The SMILES string of the molecule is CC[C@H](N)c1ccc(N2CCc3sccc3C2C)cc1. The molecule has 0 bridgehead atoms. The highest BCUT2D eigenvalue weighted by molar-refractivity contribution is 7.10. The Kier molecular flexibility index (Phi) is 3.81. The lowest BCUT2D eigenvalue weighted by Gasteiger charge is -2.35. The second-order valence-corrected chi connectivity index (χ2v) is 6.53. The van der Waals surface area contributed by atoms with Gasteiger partial charge in [-0.05, 0) is 54.5 Å². The zero-order chi connectivity index (χ0) is 14.1. The first-order chi connectivity index (χ1) is 9.70. The van der Waals surface area contributed by atoms with Gasteiger partial charge in [0.05, 0.1) is 6.04 Å². The standard InChI is InChI=1S/C17H22N2S/c1-3-16(18)13-4-6-14(7-5-13)19-10-8-17-15(12(19)2)9-11-20-17/h4-7,9,11-12,16H,3,8,10,18H2,1-2H3/t12?,16-/m0/s1. The Morgan fingerprint density at radius 2 is 2.05 bits per heavy atom. The summed E-state index contributed by atoms with van der Waals surface area (Å²) >= 11 is 1.89. The fourth-order valence-electron chi connectivity index (χ4n) is 3.01. The molecule has 2 heterocycles. The number of hydrogen-bond acceptors (Lipinski definition) is 3. The summed E-state index contributed by atoms with van der Waals surface area (Å²) in [4.78, 5) is 4.05. The molecule has 3 rings (SSSR count). The molecule has 0 fully saturated rings. The molecule has 1 aromatic heterocycles. The van der Waals surface area contributed by atoms with Gasteiger partial charge in [0.15, 0.2) is 0 Å². The second-order valence-electron chi connectivity index (χ2n) is 5.52. The quantitative estimate of drug-likeness (QED) is 0.912. The zero-order valence-electron chi connectivity index (χ0n) is 12.2. The van der Waals surface area contributed by atoms with Crippen molar-refractivity contribution in [3.63, 3.8) is 0 Å². The van der Waals surface area contributed by atoms with E-state index in [0.29, 0.717) is 6.04 Å². The van der Waals surface area contributed by atoms with Crippen molar-refractivity contribution < 1.29 is 0 Å². The van der Waals surface area contributed by atoms with Crippen molar-refractivity contribution in [1.29, 1.82) is 0 Å². The van der Waals surface area contributed by atoms with E-state index < -0.39 is 0 Å². The Morgan fingerprint density at radius 3 is 2.75 bits per heavy atom. The summed E-state index contributed by atoms with van der Waals surface area (Å²) in [6.07, 6.45) is 2.14. The molecule has 1 aliphatic heterocycles. The van der Waals surface area contributed by atoms with Crippen LogP contribution in [0.4, 0.5) is 5.69 Å². The van der Waals surface area contributed by atoms with Crippen molar-refractivity contribution in [1.82, 2.24) is 0 Å². The predicted octanol–water partition coefficient (Wildman–Crippen LogP) is 4.28. The maximum absolute atomic E-state index is 6.09. The van der Waals surface area contributed by atoms with Crippen molar-refractivity contribution in [3.05, 3.63) is 51.7 Å². The number of anilines is 1. The Bertz CT molecular complexity index is 573. The molecule has 1 unspecified atom stereocenters. The predicted molar refractivity (Wildman–Crippen MR) is 87.4 cm³/mol. The van der Waals surface area contributed by atoms with E-state index in [1.165, 1.54) is 16.8 Å². The highest BCUT2D eigenvalue weighted by atomic mass is 32.1. The molecule has 2 atom stereocenters. The summed E-state index contributed by atoms with van der Waals surface area (Å²) in [5.41, 5.74) is 10.1. The van der Waals surface area contributed by atoms with Crippen LogP contribution < -0.4 is 10.6 Å². The largest absolute Gasteiger partial charge is 0.364 e. The van der Waals surface area contributed by atoms with E-state index in [1.54, 1.807) is 4.88 Å². The summed E-state index contributed by atoms with van der Waals surface area (Å²) in [6.45, 7) is 5.54. The fraction of sp³-hybridized carbons (Fsp3) is 0.412. The van der Waals surface area contributed by atoms with Gasteiger partial charge in [-0.1, -0.05) is 19.1 Å². The lowest BCUT2D eigenvalue weighted by atomic mass is 9.99. The molecule has 1 aliphatic rings. The van der Waals surface area contributed by atoms with Crippen LogP contribution in [0.5, 0.6) is 0 Å². The number of benzene rings is 1. The van der Waals surface area contributed by atoms with Crippen LogP contribution in [0.25, 0.3) is 0 Å². The van der Waals surface area contributed by atoms with Crippen molar-refractivity contribution >= 4 is 17.0 Å². The fourth-order valence-corrected chi connectivity index (χ4v) is 3.97. The minimum atomic E-state index is 0.159. The third-order valence-electron chi connectivity index (χ3n) is 4.37. The van der Waals surface area contributed by atoms with Gasteiger partial charge < -0.3 is 10.6 Å². The molecular formula is C17H22N2S. The molecule has 0 radical (unpaired) electrons. The number of nitrogens with two attached hydrogens (primary N) is 1. The topological polar surface area (TPSA) is 29.3 Å². The maximum atomic E-state index is 6.09. The molecule has 3 heteroatoms. The summed E-state index contributed by atoms with van der Waals surface area (Å²) in [6, 6.07) is 11.7. The van der Waals surface area contributed by atoms with Gasteiger partial charge in [0, 0.05) is 23.2 Å². The minimum absolute atomic E-state index is 0.159. The van der Waals surface area contributed by atoms with Gasteiger partial charge in [-0.15, -0.1) is 11.3 Å². The van der Waals surface area contributed by atoms with Gasteiger partial charge in [0.25, 0.3) is 0 Å². The highest BCUT2D eigenvalue weighted by Gasteiger charge is 2.24. The van der Waals surface area contributed by atoms with Crippen LogP contribution in [0.2, 0.25) is 0 Å². The molecular weight excluding hydrogens is 264 g/mol. The van der Waals surface area contributed by atoms with E-state index >= 15 is 0 Å². The van der Waals surface area contributed by atoms with Gasteiger partial charge in [-0.3, -0.25) is 0 Å². The zero-order valence-corrected chi connectivity index (χ0v) is 13.0. The minimum Gasteiger partial charge on any atom is -0.364 e. The van der Waals surface area contributed by atoms with Crippen LogP contribution in [0.3, 0.4) is 0 Å². The van der Waals surface area contributed by atoms with E-state index in [2.05, 4.69) is 54.5 Å². The van der Waals surface area contributed by atoms with Crippen LogP contribution in [0.1, 0.15) is 48.4 Å². The number of rotatable bonds is 3. The summed E-state index contributed by atoms with van der Waals surface area (Å²) < 4.78 is 0. The third-order valence-corrected chi connectivity index (χ3v) is 5.37. The number of fused-ring (bicyclic) bond motifs is 1. The van der Waals surface area contributed by atoms with E-state index in [-0.39, 0.29) is 6.04 Å². The number of hydrogen-bond donors (Lipinski definition) is 1. The molecule has 2 nitrogen and oxygen atoms in total. The first kappa shape index (κ1) is 13.7. The van der Waals surface area contributed by atoms with Crippen molar-refractivity contribution in [2.45, 2.75) is 38.8 Å². The van der Waals surface area contributed by atoms with E-state index in [9.17, 15) is 0 Å². The van der Waals surface area contributed by atoms with Crippen LogP contribution in [0.15, 0.2) is 35.7 Å². The van der Waals surface area contributed by atoms with E-state index in [0.717, 1.165) is 19.4 Å². The molecule has 0 aliphatic carbocycles. The molecule has 106 valence electrons. The van der Waals surface area contributed by atoms with Crippen LogP contribution >= 0.6 is 11.3 Å². The molecule has 2 N–H and O–H groups in total. The maximum Gasteiger partial charge on any atom is 0.0525 e. The van der Waals surface area contributed by atoms with E-state index in [1.807, 2.05) is 11.3 Å². The lowest BCUT2D eigenvalue weighted by molar-refractivity contribution is 0.632. The normalized spacial score (nSPS) is 19.8. The highest BCUT2D eigenvalue weighted by Crippen LogP contribution is 2.36. The van der Waals surface area contributed by atoms with Gasteiger partial charge in [-0.25, -0.2) is 0 Å². The molecule has 20 heavy (non-hydrogen) atoms. The van der Waals surface area contributed by atoms with Gasteiger partial charge in [0.2, 0.25) is 0 Å². The first-order valence-corrected chi connectivity index (χ1v) is 8.27. The Labute approximate surface area is 125 Å². The van der Waals surface area contributed by atoms with Crippen molar-refractivity contribution in [2.75, 3.05) is 11.4 Å². The first-order valence-electron chi connectivity index (χ1n) is 7.39. The number of thiophene rings is 1. The molecule has 0 amide bonds. The molecule has 2 aromatic rings. The Balaban J connectivity index is 1.83. The monoisotopic (exact) mass is 286 g/mol. The van der Waals surface area contributed by atoms with Gasteiger partial charge in [-0.2, -0.15) is 0 Å². The van der Waals surface area contributed by atoms with Crippen molar-refractivity contribution in [2.24, 2.45) is 5.73 Å². The Morgan fingerprint density at radius 1 is 1.30 bits per heavy atom. The third kappa shape index (κ3) is 2.36. The van der Waals surface area contributed by atoms with E-state index in [4.69, 9.17) is 5.73 Å². The average molecular weight is 286 g/mol. The van der Waals surface area contributed by atoms with Crippen molar-refractivity contribution in [3.8, 4) is 0 Å². The summed E-state index contributed by atoms with van der Waals surface area (Å²) in [7, 11) is 0. The smallest absolute Gasteiger partial charge is 0.0525 e. The Hall–Kier alpha value is -1.32. The molecule has 0 saturated heterocycles. The lowest BCUT2D eigenvalue weighted by Crippen LogP contribution is -2.33. The van der Waals surface area contributed by atoms with Crippen LogP contribution in [0, 0.1) is 0 Å². The van der Waals surface area contributed by atoms with Crippen LogP contribution in [-0.4, -0.2) is 6.54 Å². The van der Waals surface area contributed by atoms with Gasteiger partial charge >= 0.3 is 0 Å². The number of nitrogens with zero attached hydrogens (tertiary/aromatic N) is 1. The summed E-state index contributed by atoms with van der Waals surface area (Å²) in [5, 5.41) is 2.22. The second kappa shape index (κ2) is 5.58. The molecule has 1 aromatic carbocycles. The molecule has 0 saturated carbocycles.